The SMILES string of the molecule is Cc1cccc(NC(=O)c2sc3cccnc3c2N)c1. The largest absolute Gasteiger partial charge is 0.396 e. The molecule has 0 atom stereocenters. The van der Waals surface area contributed by atoms with Crippen LogP contribution >= 0.6 is 11.3 Å². The summed E-state index contributed by atoms with van der Waals surface area (Å²) in [6, 6.07) is 11.4. The Bertz CT molecular complexity index is 795. The number of hydrogen-bond donors (Lipinski definition) is 2. The van der Waals surface area contributed by atoms with E-state index < -0.39 is 0 Å². The average Bonchev–Trinajstić information content (AvgIpc) is 2.77. The van der Waals surface area contributed by atoms with E-state index in [1.165, 1.54) is 11.3 Å². The van der Waals surface area contributed by atoms with Gasteiger partial charge < -0.3 is 11.1 Å². The number of nitrogen functional groups attached to an aromatic ring is 1. The van der Waals surface area contributed by atoms with E-state index in [-0.39, 0.29) is 5.91 Å². The van der Waals surface area contributed by atoms with Gasteiger partial charge in [0.25, 0.3) is 5.91 Å². The quantitative estimate of drug-likeness (QED) is 0.757. The summed E-state index contributed by atoms with van der Waals surface area (Å²) in [4.78, 5) is 17.0. The van der Waals surface area contributed by atoms with Crippen molar-refractivity contribution in [3.8, 4) is 0 Å². The molecule has 4 nitrogen and oxygen atoms in total. The molecule has 5 heteroatoms. The second-order valence-electron chi connectivity index (χ2n) is 4.52. The lowest BCUT2D eigenvalue weighted by molar-refractivity contribution is 0.103. The molecule has 0 aliphatic rings. The number of amides is 1. The summed E-state index contributed by atoms with van der Waals surface area (Å²) in [6.07, 6.45) is 1.67. The second-order valence-corrected chi connectivity index (χ2v) is 5.57. The number of aryl methyl sites for hydroxylation is 1. The maximum atomic E-state index is 12.3. The van der Waals surface area contributed by atoms with Crippen molar-refractivity contribution in [3.63, 3.8) is 0 Å². The highest BCUT2D eigenvalue weighted by Gasteiger charge is 2.17. The Morgan fingerprint density at radius 1 is 1.30 bits per heavy atom. The Kier molecular flexibility index (Phi) is 3.12. The van der Waals surface area contributed by atoms with Crippen LogP contribution in [0.3, 0.4) is 0 Å². The number of carbonyl (C=O) groups excluding carboxylic acids is 1. The van der Waals surface area contributed by atoms with E-state index in [4.69, 9.17) is 5.73 Å². The molecule has 3 aromatic rings. The Labute approximate surface area is 120 Å². The van der Waals surface area contributed by atoms with E-state index in [9.17, 15) is 4.79 Å². The van der Waals surface area contributed by atoms with Crippen molar-refractivity contribution < 1.29 is 4.79 Å². The summed E-state index contributed by atoms with van der Waals surface area (Å²) >= 11 is 1.36. The van der Waals surface area contributed by atoms with E-state index in [2.05, 4.69) is 10.3 Å². The molecule has 20 heavy (non-hydrogen) atoms. The van der Waals surface area contributed by atoms with Crippen LogP contribution in [0, 0.1) is 6.92 Å². The molecule has 1 aromatic carbocycles. The first-order chi connectivity index (χ1) is 9.65. The van der Waals surface area contributed by atoms with Crippen molar-refractivity contribution in [2.45, 2.75) is 6.92 Å². The molecule has 0 aliphatic heterocycles. The van der Waals surface area contributed by atoms with Gasteiger partial charge in [0, 0.05) is 11.9 Å². The van der Waals surface area contributed by atoms with E-state index in [1.54, 1.807) is 6.20 Å². The minimum atomic E-state index is -0.198. The third kappa shape index (κ3) is 2.23. The minimum Gasteiger partial charge on any atom is -0.396 e. The molecule has 2 heterocycles. The standard InChI is InChI=1S/C15H13N3OS/c1-9-4-2-5-10(8-9)18-15(19)14-12(16)13-11(20-14)6-3-7-17-13/h2-8H,16H2,1H3,(H,18,19). The van der Waals surface area contributed by atoms with Crippen molar-refractivity contribution in [1.29, 1.82) is 0 Å². The van der Waals surface area contributed by atoms with Gasteiger partial charge in [-0.25, -0.2) is 0 Å². The first-order valence-corrected chi connectivity index (χ1v) is 6.98. The topological polar surface area (TPSA) is 68.0 Å². The van der Waals surface area contributed by atoms with E-state index >= 15 is 0 Å². The summed E-state index contributed by atoms with van der Waals surface area (Å²) in [7, 11) is 0. The number of nitrogens with two attached hydrogens (primary N) is 1. The Hall–Kier alpha value is -2.40. The van der Waals surface area contributed by atoms with Gasteiger partial charge in [0.1, 0.15) is 10.4 Å². The summed E-state index contributed by atoms with van der Waals surface area (Å²) in [6.45, 7) is 1.98. The Morgan fingerprint density at radius 3 is 2.90 bits per heavy atom. The molecule has 0 fully saturated rings. The van der Waals surface area contributed by atoms with Crippen molar-refractivity contribution in [2.75, 3.05) is 11.1 Å². The number of carbonyl (C=O) groups is 1. The van der Waals surface area contributed by atoms with Crippen molar-refractivity contribution in [2.24, 2.45) is 0 Å². The highest BCUT2D eigenvalue weighted by atomic mass is 32.1. The Balaban J connectivity index is 1.95. The maximum Gasteiger partial charge on any atom is 0.267 e. The first-order valence-electron chi connectivity index (χ1n) is 6.16. The smallest absolute Gasteiger partial charge is 0.267 e. The fourth-order valence-electron chi connectivity index (χ4n) is 2.03. The fourth-order valence-corrected chi connectivity index (χ4v) is 3.00. The summed E-state index contributed by atoms with van der Waals surface area (Å²) in [5.41, 5.74) is 8.99. The number of fused-ring (bicyclic) bond motifs is 1. The molecule has 2 aromatic heterocycles. The zero-order valence-corrected chi connectivity index (χ0v) is 11.7. The molecule has 0 aliphatic carbocycles. The zero-order valence-electron chi connectivity index (χ0n) is 10.9. The molecule has 0 saturated carbocycles. The van der Waals surface area contributed by atoms with Crippen molar-refractivity contribution in [3.05, 3.63) is 53.0 Å². The number of nitrogens with zero attached hydrogens (tertiary/aromatic N) is 1. The molecule has 0 saturated heterocycles. The Morgan fingerprint density at radius 2 is 2.15 bits per heavy atom. The van der Waals surface area contributed by atoms with Gasteiger partial charge in [-0.2, -0.15) is 0 Å². The molecule has 100 valence electrons. The van der Waals surface area contributed by atoms with Gasteiger partial charge in [-0.1, -0.05) is 12.1 Å². The molecule has 3 N–H and O–H groups in total. The van der Waals surface area contributed by atoms with Gasteiger partial charge in [-0.15, -0.1) is 11.3 Å². The monoisotopic (exact) mass is 283 g/mol. The number of thiophene rings is 1. The predicted octanol–water partition coefficient (Wildman–Crippen LogP) is 3.44. The number of aromatic nitrogens is 1. The maximum absolute atomic E-state index is 12.3. The predicted molar refractivity (Wildman–Crippen MR) is 83.2 cm³/mol. The highest BCUT2D eigenvalue weighted by molar-refractivity contribution is 7.21. The second kappa shape index (κ2) is 4.94. The van der Waals surface area contributed by atoms with Crippen LogP contribution in [0.5, 0.6) is 0 Å². The van der Waals surface area contributed by atoms with Gasteiger partial charge in [0.05, 0.1) is 10.4 Å². The van der Waals surface area contributed by atoms with Gasteiger partial charge >= 0.3 is 0 Å². The summed E-state index contributed by atoms with van der Waals surface area (Å²) < 4.78 is 0.916. The lowest BCUT2D eigenvalue weighted by Gasteiger charge is -2.05. The lowest BCUT2D eigenvalue weighted by Crippen LogP contribution is -2.12. The molecule has 0 unspecified atom stereocenters. The van der Waals surface area contributed by atoms with E-state index in [1.807, 2.05) is 43.3 Å². The van der Waals surface area contributed by atoms with Crippen LogP contribution in [0.15, 0.2) is 42.6 Å². The van der Waals surface area contributed by atoms with Crippen LogP contribution in [0.25, 0.3) is 10.2 Å². The van der Waals surface area contributed by atoms with Crippen LogP contribution in [-0.4, -0.2) is 10.9 Å². The number of anilines is 2. The number of hydrogen-bond acceptors (Lipinski definition) is 4. The van der Waals surface area contributed by atoms with Crippen LogP contribution < -0.4 is 11.1 Å². The van der Waals surface area contributed by atoms with Crippen LogP contribution in [-0.2, 0) is 0 Å². The molecule has 0 radical (unpaired) electrons. The molecule has 1 amide bonds. The number of rotatable bonds is 2. The molecule has 3 rings (SSSR count). The highest BCUT2D eigenvalue weighted by Crippen LogP contribution is 2.32. The third-order valence-corrected chi connectivity index (χ3v) is 4.12. The van der Waals surface area contributed by atoms with Gasteiger partial charge in [-0.05, 0) is 36.8 Å². The number of pyridine rings is 1. The third-order valence-electron chi connectivity index (χ3n) is 2.96. The molecule has 0 spiro atoms. The van der Waals surface area contributed by atoms with Crippen molar-refractivity contribution in [1.82, 2.24) is 4.98 Å². The minimum absolute atomic E-state index is 0.198. The van der Waals surface area contributed by atoms with Gasteiger partial charge in [0.15, 0.2) is 0 Å². The first kappa shape index (κ1) is 12.6. The zero-order chi connectivity index (χ0) is 14.1. The van der Waals surface area contributed by atoms with E-state index in [0.717, 1.165) is 16.0 Å². The fraction of sp³-hybridized carbons (Fsp3) is 0.0667. The molecular formula is C15H13N3OS. The number of nitrogens with one attached hydrogen (secondary N) is 1. The van der Waals surface area contributed by atoms with Gasteiger partial charge in [-0.3, -0.25) is 9.78 Å². The van der Waals surface area contributed by atoms with Crippen LogP contribution in [0.4, 0.5) is 11.4 Å². The van der Waals surface area contributed by atoms with E-state index in [0.29, 0.717) is 16.1 Å². The summed E-state index contributed by atoms with van der Waals surface area (Å²) in [5, 5.41) is 2.86. The molecular weight excluding hydrogens is 270 g/mol. The summed E-state index contributed by atoms with van der Waals surface area (Å²) in [5.74, 6) is -0.198. The lowest BCUT2D eigenvalue weighted by atomic mass is 10.2. The van der Waals surface area contributed by atoms with Crippen LogP contribution in [0.2, 0.25) is 0 Å². The molecule has 0 bridgehead atoms. The average molecular weight is 283 g/mol. The van der Waals surface area contributed by atoms with Crippen LogP contribution in [0.1, 0.15) is 15.2 Å². The van der Waals surface area contributed by atoms with Gasteiger partial charge in [0.2, 0.25) is 0 Å². The van der Waals surface area contributed by atoms with Crippen molar-refractivity contribution >= 4 is 38.8 Å². The number of benzene rings is 1. The normalized spacial score (nSPS) is 10.7.